The Bertz CT molecular complexity index is 1320. The van der Waals surface area contributed by atoms with E-state index in [1.165, 1.54) is 60.5 Å². The van der Waals surface area contributed by atoms with Crippen LogP contribution in [0.4, 0.5) is 0 Å². The van der Waals surface area contributed by atoms with Crippen molar-refractivity contribution in [2.24, 2.45) is 0 Å². The number of rotatable bonds is 2. The molecule has 0 aliphatic rings. The van der Waals surface area contributed by atoms with Crippen LogP contribution in [0.3, 0.4) is 0 Å². The fourth-order valence-electron chi connectivity index (χ4n) is 4.71. The van der Waals surface area contributed by atoms with Gasteiger partial charge >= 0.3 is 0 Å². The molecule has 0 heterocycles. The summed E-state index contributed by atoms with van der Waals surface area (Å²) in [6, 6.07) is 33.0. The summed E-state index contributed by atoms with van der Waals surface area (Å²) in [6.07, 6.45) is 0. The summed E-state index contributed by atoms with van der Waals surface area (Å²) in [7, 11) is 0. The van der Waals surface area contributed by atoms with Crippen LogP contribution >= 0.6 is 0 Å². The fraction of sp³-hybridized carbons (Fsp3) is 0.103. The molecule has 0 heteroatoms. The predicted octanol–water partition coefficient (Wildman–Crippen LogP) is 8.25. The first-order valence-corrected chi connectivity index (χ1v) is 10.2. The van der Waals surface area contributed by atoms with Gasteiger partial charge < -0.3 is 0 Å². The lowest BCUT2D eigenvalue weighted by Gasteiger charge is -2.19. The van der Waals surface area contributed by atoms with Gasteiger partial charge in [-0.1, -0.05) is 91.0 Å². The average Bonchev–Trinajstić information content (AvgIpc) is 2.76. The van der Waals surface area contributed by atoms with Gasteiger partial charge in [0.05, 0.1) is 0 Å². The molecule has 0 aromatic heterocycles. The van der Waals surface area contributed by atoms with Crippen LogP contribution in [-0.4, -0.2) is 0 Å². The fourth-order valence-corrected chi connectivity index (χ4v) is 4.71. The van der Waals surface area contributed by atoms with Gasteiger partial charge in [-0.25, -0.2) is 0 Å². The number of hydrogen-bond donors (Lipinski definition) is 0. The summed E-state index contributed by atoms with van der Waals surface area (Å²) in [5, 5.41) is 5.33. The van der Waals surface area contributed by atoms with Crippen LogP contribution in [0, 0.1) is 20.8 Å². The highest BCUT2D eigenvalue weighted by Crippen LogP contribution is 2.42. The summed E-state index contributed by atoms with van der Waals surface area (Å²) in [5.74, 6) is 0. The summed E-state index contributed by atoms with van der Waals surface area (Å²) in [4.78, 5) is 0. The predicted molar refractivity (Wildman–Crippen MR) is 127 cm³/mol. The third kappa shape index (κ3) is 2.76. The van der Waals surface area contributed by atoms with Crippen LogP contribution in [0.2, 0.25) is 0 Å². The van der Waals surface area contributed by atoms with Crippen LogP contribution in [-0.2, 0) is 0 Å². The molecule has 0 aliphatic heterocycles. The van der Waals surface area contributed by atoms with Crippen LogP contribution in [0.5, 0.6) is 0 Å². The monoisotopic (exact) mass is 372 g/mol. The van der Waals surface area contributed by atoms with Crippen molar-refractivity contribution in [2.75, 3.05) is 0 Å². The lowest BCUT2D eigenvalue weighted by atomic mass is 9.85. The highest BCUT2D eigenvalue weighted by molar-refractivity contribution is 6.15. The van der Waals surface area contributed by atoms with Crippen molar-refractivity contribution in [3.05, 3.63) is 108 Å². The lowest BCUT2D eigenvalue weighted by molar-refractivity contribution is 1.41. The molecule has 0 saturated heterocycles. The van der Waals surface area contributed by atoms with Gasteiger partial charge in [0.25, 0.3) is 0 Å². The highest BCUT2D eigenvalue weighted by Gasteiger charge is 2.16. The van der Waals surface area contributed by atoms with Crippen molar-refractivity contribution in [3.63, 3.8) is 0 Å². The van der Waals surface area contributed by atoms with Crippen LogP contribution in [0.1, 0.15) is 16.7 Å². The first-order valence-electron chi connectivity index (χ1n) is 10.2. The smallest absolute Gasteiger partial charge is 0.00237 e. The summed E-state index contributed by atoms with van der Waals surface area (Å²) >= 11 is 0. The maximum atomic E-state index is 2.28. The number of fused-ring (bicyclic) bond motifs is 2. The van der Waals surface area contributed by atoms with E-state index in [1.54, 1.807) is 0 Å². The SMILES string of the molecule is Cc1ccccc1-c1cccc(-c2c3ccccc3c(C)c3ccccc23)c1C. The molecule has 0 atom stereocenters. The zero-order chi connectivity index (χ0) is 20.0. The Labute approximate surface area is 172 Å². The second kappa shape index (κ2) is 6.90. The zero-order valence-corrected chi connectivity index (χ0v) is 17.2. The van der Waals surface area contributed by atoms with E-state index in [-0.39, 0.29) is 0 Å². The molecule has 0 amide bonds. The van der Waals surface area contributed by atoms with Gasteiger partial charge in [-0.15, -0.1) is 0 Å². The highest BCUT2D eigenvalue weighted by atomic mass is 14.2. The van der Waals surface area contributed by atoms with Gasteiger partial charge in [0.15, 0.2) is 0 Å². The topological polar surface area (TPSA) is 0 Å². The minimum atomic E-state index is 1.31. The largest absolute Gasteiger partial charge is 0.0620 e. The summed E-state index contributed by atoms with van der Waals surface area (Å²) in [5.41, 5.74) is 9.29. The number of hydrogen-bond acceptors (Lipinski definition) is 0. The first kappa shape index (κ1) is 17.7. The van der Waals surface area contributed by atoms with Gasteiger partial charge in [-0.05, 0) is 81.3 Å². The van der Waals surface area contributed by atoms with E-state index in [0.29, 0.717) is 0 Å². The molecule has 140 valence electrons. The maximum absolute atomic E-state index is 2.28. The number of benzene rings is 5. The van der Waals surface area contributed by atoms with Gasteiger partial charge in [0, 0.05) is 0 Å². The quantitative estimate of drug-likeness (QED) is 0.274. The van der Waals surface area contributed by atoms with Crippen molar-refractivity contribution in [1.29, 1.82) is 0 Å². The molecule has 0 unspecified atom stereocenters. The van der Waals surface area contributed by atoms with Gasteiger partial charge in [0.2, 0.25) is 0 Å². The average molecular weight is 373 g/mol. The second-order valence-electron chi connectivity index (χ2n) is 7.88. The van der Waals surface area contributed by atoms with Crippen LogP contribution < -0.4 is 0 Å². The molecule has 0 aliphatic carbocycles. The Morgan fingerprint density at radius 1 is 0.379 bits per heavy atom. The van der Waals surface area contributed by atoms with E-state index < -0.39 is 0 Å². The minimum Gasteiger partial charge on any atom is -0.0620 e. The first-order chi connectivity index (χ1) is 14.2. The molecule has 0 fully saturated rings. The van der Waals surface area contributed by atoms with E-state index in [2.05, 4.69) is 112 Å². The van der Waals surface area contributed by atoms with Gasteiger partial charge in [-0.3, -0.25) is 0 Å². The summed E-state index contributed by atoms with van der Waals surface area (Å²) in [6.45, 7) is 6.70. The van der Waals surface area contributed by atoms with Crippen molar-refractivity contribution >= 4 is 21.5 Å². The van der Waals surface area contributed by atoms with E-state index in [4.69, 9.17) is 0 Å². The maximum Gasteiger partial charge on any atom is -0.00237 e. The minimum absolute atomic E-state index is 1.31. The third-order valence-electron chi connectivity index (χ3n) is 6.24. The lowest BCUT2D eigenvalue weighted by Crippen LogP contribution is -1.94. The normalized spacial score (nSPS) is 11.3. The Morgan fingerprint density at radius 2 is 0.862 bits per heavy atom. The Kier molecular flexibility index (Phi) is 4.21. The molecule has 0 bridgehead atoms. The Hall–Kier alpha value is -3.38. The molecule has 5 rings (SSSR count). The molecule has 0 spiro atoms. The van der Waals surface area contributed by atoms with Crippen molar-refractivity contribution < 1.29 is 0 Å². The van der Waals surface area contributed by atoms with E-state index in [9.17, 15) is 0 Å². The van der Waals surface area contributed by atoms with E-state index >= 15 is 0 Å². The zero-order valence-electron chi connectivity index (χ0n) is 17.2. The van der Waals surface area contributed by atoms with Crippen LogP contribution in [0.15, 0.2) is 91.0 Å². The molecule has 5 aromatic rings. The second-order valence-corrected chi connectivity index (χ2v) is 7.88. The third-order valence-corrected chi connectivity index (χ3v) is 6.24. The molecule has 0 radical (unpaired) electrons. The molecular formula is C29H24. The molecule has 0 N–H and O–H groups in total. The molecule has 0 saturated carbocycles. The molecule has 0 nitrogen and oxygen atoms in total. The van der Waals surface area contributed by atoms with Gasteiger partial charge in [-0.2, -0.15) is 0 Å². The van der Waals surface area contributed by atoms with Crippen LogP contribution in [0.25, 0.3) is 43.8 Å². The molecule has 5 aromatic carbocycles. The van der Waals surface area contributed by atoms with Gasteiger partial charge in [0.1, 0.15) is 0 Å². The van der Waals surface area contributed by atoms with Crippen molar-refractivity contribution in [2.45, 2.75) is 20.8 Å². The Balaban J connectivity index is 1.91. The standard InChI is InChI=1S/C29H24/c1-19-11-4-5-12-22(19)23-17-10-18-26(21(23)3)29-27-15-8-6-13-24(27)20(2)25-14-7-9-16-28(25)29/h4-18H,1-3H3. The number of aryl methyl sites for hydroxylation is 2. The van der Waals surface area contributed by atoms with Crippen molar-refractivity contribution in [3.8, 4) is 22.3 Å². The van der Waals surface area contributed by atoms with Crippen molar-refractivity contribution in [1.82, 2.24) is 0 Å². The summed E-state index contributed by atoms with van der Waals surface area (Å²) < 4.78 is 0. The molecular weight excluding hydrogens is 348 g/mol. The Morgan fingerprint density at radius 3 is 1.48 bits per heavy atom. The van der Waals surface area contributed by atoms with E-state index in [1.807, 2.05) is 0 Å². The molecule has 29 heavy (non-hydrogen) atoms. The van der Waals surface area contributed by atoms with E-state index in [0.717, 1.165) is 0 Å².